The Balaban J connectivity index is 2.61. The van der Waals surface area contributed by atoms with E-state index in [1.165, 1.54) is 6.07 Å². The van der Waals surface area contributed by atoms with Crippen LogP contribution in [0, 0.1) is 0 Å². The van der Waals surface area contributed by atoms with Crippen LogP contribution in [0.5, 0.6) is 0 Å². The highest BCUT2D eigenvalue weighted by molar-refractivity contribution is 7.85. The van der Waals surface area contributed by atoms with Crippen molar-refractivity contribution in [2.24, 2.45) is 0 Å². The molecule has 0 saturated carbocycles. The van der Waals surface area contributed by atoms with Gasteiger partial charge in [0.2, 0.25) is 0 Å². The summed E-state index contributed by atoms with van der Waals surface area (Å²) < 4.78 is 31.0. The molecule has 0 aliphatic carbocycles. The van der Waals surface area contributed by atoms with E-state index in [9.17, 15) is 8.42 Å². The lowest BCUT2D eigenvalue weighted by Gasteiger charge is -2.23. The lowest BCUT2D eigenvalue weighted by Crippen LogP contribution is -2.29. The molecule has 88 valence electrons. The highest BCUT2D eigenvalue weighted by Gasteiger charge is 2.38. The zero-order valence-corrected chi connectivity index (χ0v) is 10.2. The van der Waals surface area contributed by atoms with Crippen molar-refractivity contribution in [2.45, 2.75) is 37.1 Å². The molecule has 0 amide bonds. The average molecular weight is 242 g/mol. The largest absolute Gasteiger partial charge is 0.366 e. The Labute approximate surface area is 94.6 Å². The average Bonchev–Trinajstić information content (AvgIpc) is 2.37. The Hall–Kier alpha value is -1.14. The van der Waals surface area contributed by atoms with E-state index in [1.54, 1.807) is 0 Å². The Bertz CT molecular complexity index is 537. The van der Waals surface area contributed by atoms with Crippen molar-refractivity contribution < 1.29 is 13.0 Å². The summed E-state index contributed by atoms with van der Waals surface area (Å²) in [4.78, 5) is 3.86. The van der Waals surface area contributed by atoms with Gasteiger partial charge in [-0.15, -0.1) is 0 Å². The molecule has 0 radical (unpaired) electrons. The predicted molar refractivity (Wildman–Crippen MR) is 60.2 cm³/mol. The molecule has 0 aromatic carbocycles. The molecule has 0 spiro atoms. The Kier molecular flexibility index (Phi) is 2.25. The zero-order valence-electron chi connectivity index (χ0n) is 9.35. The third-order valence-corrected chi connectivity index (χ3v) is 4.11. The van der Waals surface area contributed by atoms with Gasteiger partial charge in [-0.05, 0) is 13.0 Å². The summed E-state index contributed by atoms with van der Waals surface area (Å²) >= 11 is 0. The van der Waals surface area contributed by atoms with Crippen LogP contribution in [0.2, 0.25) is 0 Å². The summed E-state index contributed by atoms with van der Waals surface area (Å²) in [7, 11) is -4.18. The lowest BCUT2D eigenvalue weighted by molar-refractivity contribution is 0.477. The van der Waals surface area contributed by atoms with Crippen molar-refractivity contribution in [1.82, 2.24) is 4.98 Å². The molecule has 1 aromatic heterocycles. The van der Waals surface area contributed by atoms with Gasteiger partial charge in [0.1, 0.15) is 10.7 Å². The molecule has 0 fully saturated rings. The minimum atomic E-state index is -4.18. The van der Waals surface area contributed by atoms with Gasteiger partial charge in [0, 0.05) is 17.0 Å². The highest BCUT2D eigenvalue weighted by Crippen LogP contribution is 2.39. The van der Waals surface area contributed by atoms with Crippen molar-refractivity contribution in [3.8, 4) is 0 Å². The normalized spacial score (nSPS) is 22.6. The van der Waals surface area contributed by atoms with Gasteiger partial charge in [-0.3, -0.25) is 4.55 Å². The number of hydrogen-bond acceptors (Lipinski definition) is 4. The number of fused-ring (bicyclic) bond motifs is 1. The zero-order chi connectivity index (χ0) is 12.1. The molecule has 1 unspecified atom stereocenters. The Morgan fingerprint density at radius 3 is 2.69 bits per heavy atom. The van der Waals surface area contributed by atoms with Crippen LogP contribution in [0.25, 0.3) is 0 Å². The van der Waals surface area contributed by atoms with E-state index in [0.29, 0.717) is 5.82 Å². The fourth-order valence-electron chi connectivity index (χ4n) is 1.81. The molecule has 1 aromatic rings. The first-order valence-corrected chi connectivity index (χ1v) is 6.41. The molecular formula is C10H14N2O3S. The predicted octanol–water partition coefficient (Wildman–Crippen LogP) is 1.42. The molecule has 1 aliphatic heterocycles. The van der Waals surface area contributed by atoms with E-state index < -0.39 is 10.1 Å². The van der Waals surface area contributed by atoms with E-state index in [1.807, 2.05) is 20.8 Å². The number of pyridine rings is 1. The molecule has 2 N–H and O–H groups in total. The number of anilines is 1. The summed E-state index contributed by atoms with van der Waals surface area (Å²) in [5.74, 6) is 0.685. The van der Waals surface area contributed by atoms with Crippen molar-refractivity contribution in [1.29, 1.82) is 0 Å². The number of aromatic nitrogens is 1. The third-order valence-electron chi connectivity index (χ3n) is 3.29. The van der Waals surface area contributed by atoms with Gasteiger partial charge in [-0.2, -0.15) is 8.42 Å². The van der Waals surface area contributed by atoms with Gasteiger partial charge in [-0.25, -0.2) is 4.98 Å². The van der Waals surface area contributed by atoms with Crippen LogP contribution >= 0.6 is 0 Å². The van der Waals surface area contributed by atoms with Crippen molar-refractivity contribution in [2.75, 3.05) is 5.32 Å². The number of nitrogens with zero attached hydrogens (tertiary/aromatic N) is 1. The van der Waals surface area contributed by atoms with Crippen LogP contribution < -0.4 is 5.32 Å². The molecule has 0 bridgehead atoms. The van der Waals surface area contributed by atoms with E-state index >= 15 is 0 Å². The van der Waals surface area contributed by atoms with E-state index in [4.69, 9.17) is 4.55 Å². The van der Waals surface area contributed by atoms with Gasteiger partial charge >= 0.3 is 0 Å². The molecular weight excluding hydrogens is 228 g/mol. The molecule has 0 saturated heterocycles. The van der Waals surface area contributed by atoms with Crippen LogP contribution in [0.3, 0.4) is 0 Å². The topological polar surface area (TPSA) is 79.3 Å². The monoisotopic (exact) mass is 242 g/mol. The van der Waals surface area contributed by atoms with E-state index in [0.717, 1.165) is 11.8 Å². The smallest absolute Gasteiger partial charge is 0.296 e. The fourth-order valence-corrected chi connectivity index (χ4v) is 2.26. The molecule has 1 aliphatic rings. The minimum absolute atomic E-state index is 0.157. The first-order valence-electron chi connectivity index (χ1n) is 4.97. The van der Waals surface area contributed by atoms with Crippen LogP contribution in [0.1, 0.15) is 26.3 Å². The van der Waals surface area contributed by atoms with Crippen molar-refractivity contribution in [3.05, 3.63) is 17.8 Å². The summed E-state index contributed by atoms with van der Waals surface area (Å²) in [6, 6.07) is 1.65. The number of nitrogens with one attached hydrogen (secondary N) is 1. The van der Waals surface area contributed by atoms with Gasteiger partial charge in [0.25, 0.3) is 10.1 Å². The van der Waals surface area contributed by atoms with Crippen LogP contribution in [0.4, 0.5) is 5.82 Å². The maximum Gasteiger partial charge on any atom is 0.296 e. The van der Waals surface area contributed by atoms with Crippen molar-refractivity contribution in [3.63, 3.8) is 0 Å². The van der Waals surface area contributed by atoms with E-state index in [-0.39, 0.29) is 16.4 Å². The summed E-state index contributed by atoms with van der Waals surface area (Å²) in [5.41, 5.74) is 0.610. The maximum absolute atomic E-state index is 11.0. The second kappa shape index (κ2) is 3.18. The van der Waals surface area contributed by atoms with Crippen LogP contribution in [0.15, 0.2) is 17.2 Å². The van der Waals surface area contributed by atoms with Gasteiger partial charge in [-0.1, -0.05) is 13.8 Å². The molecule has 1 atom stereocenters. The van der Waals surface area contributed by atoms with Gasteiger partial charge < -0.3 is 5.32 Å². The van der Waals surface area contributed by atoms with Crippen LogP contribution in [-0.4, -0.2) is 24.0 Å². The molecule has 2 heterocycles. The summed E-state index contributed by atoms with van der Waals surface area (Å²) in [6.07, 6.45) is 1.16. The van der Waals surface area contributed by atoms with Gasteiger partial charge in [0.05, 0.1) is 6.20 Å². The number of hydrogen-bond donors (Lipinski definition) is 2. The molecule has 5 nitrogen and oxygen atoms in total. The second-order valence-electron chi connectivity index (χ2n) is 4.63. The summed E-state index contributed by atoms with van der Waals surface area (Å²) in [6.45, 7) is 6.02. The Morgan fingerprint density at radius 1 is 1.50 bits per heavy atom. The number of rotatable bonds is 1. The summed E-state index contributed by atoms with van der Waals surface area (Å²) in [5, 5.41) is 3.18. The van der Waals surface area contributed by atoms with Gasteiger partial charge in [0.15, 0.2) is 0 Å². The van der Waals surface area contributed by atoms with Crippen molar-refractivity contribution >= 4 is 15.9 Å². The molecule has 2 rings (SSSR count). The minimum Gasteiger partial charge on any atom is -0.366 e. The van der Waals surface area contributed by atoms with Crippen LogP contribution in [-0.2, 0) is 15.5 Å². The second-order valence-corrected chi connectivity index (χ2v) is 6.05. The third kappa shape index (κ3) is 1.58. The SMILES string of the molecule is CC1Nc2ncc(S(=O)(=O)O)cc2C1(C)C. The maximum atomic E-state index is 11.0. The lowest BCUT2D eigenvalue weighted by atomic mass is 9.82. The molecule has 16 heavy (non-hydrogen) atoms. The highest BCUT2D eigenvalue weighted by atomic mass is 32.2. The first-order chi connectivity index (χ1) is 7.23. The fraction of sp³-hybridized carbons (Fsp3) is 0.500. The first kappa shape index (κ1) is 11.3. The Morgan fingerprint density at radius 2 is 2.12 bits per heavy atom. The van der Waals surface area contributed by atoms with E-state index in [2.05, 4.69) is 10.3 Å². The standard InChI is InChI=1S/C10H14N2O3S/c1-6-10(2,3)8-4-7(16(13,14)15)5-11-9(8)12-6/h4-6H,1-3H3,(H,11,12)(H,13,14,15). The molecule has 6 heteroatoms. The quantitative estimate of drug-likeness (QED) is 0.728.